The summed E-state index contributed by atoms with van der Waals surface area (Å²) in [6, 6.07) is 14.8. The third-order valence-corrected chi connectivity index (χ3v) is 5.32. The van der Waals surface area contributed by atoms with Crippen LogP contribution in [0.15, 0.2) is 53.4 Å². The van der Waals surface area contributed by atoms with Gasteiger partial charge < -0.3 is 9.47 Å². The molecule has 1 fully saturated rings. The summed E-state index contributed by atoms with van der Waals surface area (Å²) in [6.07, 6.45) is 1.75. The number of likely N-dealkylation sites (N-methyl/N-ethyl adjacent to an activating group) is 1. The molecule has 26 heavy (non-hydrogen) atoms. The average molecular weight is 406 g/mol. The molecule has 2 aromatic rings. The van der Waals surface area contributed by atoms with Crippen LogP contribution in [0.25, 0.3) is 6.08 Å². The average Bonchev–Trinajstić information content (AvgIpc) is 2.88. The van der Waals surface area contributed by atoms with E-state index in [2.05, 4.69) is 0 Å². The maximum absolute atomic E-state index is 12.2. The smallest absolute Gasteiger partial charge is 0.265 e. The summed E-state index contributed by atoms with van der Waals surface area (Å²) in [7, 11) is 1.66. The first-order valence-electron chi connectivity index (χ1n) is 7.86. The van der Waals surface area contributed by atoms with Crippen molar-refractivity contribution in [1.82, 2.24) is 4.90 Å². The Morgan fingerprint density at radius 3 is 2.58 bits per heavy atom. The molecule has 1 amide bonds. The van der Waals surface area contributed by atoms with Crippen LogP contribution in [0.5, 0.6) is 11.5 Å². The maximum atomic E-state index is 12.2. The van der Waals surface area contributed by atoms with Crippen LogP contribution in [0.1, 0.15) is 5.56 Å². The maximum Gasteiger partial charge on any atom is 0.265 e. The highest BCUT2D eigenvalue weighted by atomic mass is 35.5. The van der Waals surface area contributed by atoms with Gasteiger partial charge in [-0.15, -0.1) is 0 Å². The molecule has 0 spiro atoms. The minimum absolute atomic E-state index is 0.127. The van der Waals surface area contributed by atoms with Crippen molar-refractivity contribution in [3.05, 3.63) is 64.0 Å². The zero-order valence-corrected chi connectivity index (χ0v) is 16.4. The lowest BCUT2D eigenvalue weighted by Crippen LogP contribution is -2.22. The second-order valence-electron chi connectivity index (χ2n) is 5.43. The van der Waals surface area contributed by atoms with E-state index in [-0.39, 0.29) is 5.91 Å². The van der Waals surface area contributed by atoms with E-state index in [1.807, 2.05) is 30.3 Å². The van der Waals surface area contributed by atoms with Gasteiger partial charge in [-0.3, -0.25) is 9.69 Å². The van der Waals surface area contributed by atoms with E-state index in [0.717, 1.165) is 11.3 Å². The van der Waals surface area contributed by atoms with Crippen molar-refractivity contribution in [3.63, 3.8) is 0 Å². The fourth-order valence-electron chi connectivity index (χ4n) is 2.28. The van der Waals surface area contributed by atoms with E-state index in [1.54, 1.807) is 31.3 Å². The Bertz CT molecular complexity index is 855. The summed E-state index contributed by atoms with van der Waals surface area (Å²) in [5.74, 6) is 1.30. The van der Waals surface area contributed by atoms with E-state index < -0.39 is 0 Å². The Labute approximate surface area is 166 Å². The molecule has 134 valence electrons. The quantitative estimate of drug-likeness (QED) is 0.398. The minimum Gasteiger partial charge on any atom is -0.490 e. The Kier molecular flexibility index (Phi) is 6.19. The first-order chi connectivity index (χ1) is 12.5. The van der Waals surface area contributed by atoms with Gasteiger partial charge in [-0.2, -0.15) is 0 Å². The predicted octanol–water partition coefficient (Wildman–Crippen LogP) is 4.63. The van der Waals surface area contributed by atoms with E-state index in [1.165, 1.54) is 16.7 Å². The molecule has 0 saturated carbocycles. The number of hydrogen-bond donors (Lipinski definition) is 0. The number of ether oxygens (including phenoxy) is 2. The normalized spacial score (nSPS) is 15.6. The second-order valence-corrected chi connectivity index (χ2v) is 7.55. The van der Waals surface area contributed by atoms with Gasteiger partial charge in [-0.05, 0) is 36.4 Å². The Morgan fingerprint density at radius 2 is 1.88 bits per heavy atom. The van der Waals surface area contributed by atoms with Crippen LogP contribution in [-0.4, -0.2) is 35.4 Å². The van der Waals surface area contributed by atoms with Crippen molar-refractivity contribution in [2.75, 3.05) is 20.3 Å². The van der Waals surface area contributed by atoms with E-state index in [4.69, 9.17) is 33.3 Å². The first kappa shape index (κ1) is 18.8. The molecule has 0 bridgehead atoms. The molecule has 0 N–H and O–H groups in total. The summed E-state index contributed by atoms with van der Waals surface area (Å²) in [4.78, 5) is 14.2. The van der Waals surface area contributed by atoms with Gasteiger partial charge in [0, 0.05) is 17.6 Å². The number of hydrogen-bond acceptors (Lipinski definition) is 5. The summed E-state index contributed by atoms with van der Waals surface area (Å²) in [6.45, 7) is 0.773. The molecule has 3 rings (SSSR count). The molecule has 0 atom stereocenters. The molecule has 1 aliphatic rings. The van der Waals surface area contributed by atoms with Crippen molar-refractivity contribution < 1.29 is 14.3 Å². The number of benzene rings is 2. The standard InChI is InChI=1S/C19H16ClNO3S2/c1-21-18(22)17(26-19(21)25)12-13-11-14(20)7-8-16(13)24-10-9-23-15-5-3-2-4-6-15/h2-8,11-12H,9-10H2,1H3/b17-12-. The van der Waals surface area contributed by atoms with Crippen molar-refractivity contribution in [1.29, 1.82) is 0 Å². The van der Waals surface area contributed by atoms with Gasteiger partial charge >= 0.3 is 0 Å². The minimum atomic E-state index is -0.127. The fourth-order valence-corrected chi connectivity index (χ4v) is 3.63. The highest BCUT2D eigenvalue weighted by Crippen LogP contribution is 2.34. The van der Waals surface area contributed by atoms with Crippen LogP contribution in [0, 0.1) is 0 Å². The first-order valence-corrected chi connectivity index (χ1v) is 9.46. The number of rotatable bonds is 6. The zero-order chi connectivity index (χ0) is 18.5. The topological polar surface area (TPSA) is 38.8 Å². The lowest BCUT2D eigenvalue weighted by atomic mass is 10.2. The fraction of sp³-hybridized carbons (Fsp3) is 0.158. The number of amides is 1. The molecule has 0 radical (unpaired) electrons. The third kappa shape index (κ3) is 4.58. The van der Waals surface area contributed by atoms with Gasteiger partial charge in [0.2, 0.25) is 0 Å². The van der Waals surface area contributed by atoms with Crippen molar-refractivity contribution in [2.24, 2.45) is 0 Å². The van der Waals surface area contributed by atoms with Gasteiger partial charge in [0.15, 0.2) is 0 Å². The van der Waals surface area contributed by atoms with Gasteiger partial charge in [0.25, 0.3) is 5.91 Å². The van der Waals surface area contributed by atoms with Crippen LogP contribution in [0.3, 0.4) is 0 Å². The molecular weight excluding hydrogens is 390 g/mol. The molecule has 1 heterocycles. The van der Waals surface area contributed by atoms with Gasteiger partial charge in [0.1, 0.15) is 29.0 Å². The molecule has 4 nitrogen and oxygen atoms in total. The largest absolute Gasteiger partial charge is 0.490 e. The number of thiocarbonyl (C=S) groups is 1. The number of carbonyl (C=O) groups is 1. The molecular formula is C19H16ClNO3S2. The van der Waals surface area contributed by atoms with Crippen LogP contribution in [-0.2, 0) is 4.79 Å². The lowest BCUT2D eigenvalue weighted by molar-refractivity contribution is -0.121. The monoisotopic (exact) mass is 405 g/mol. The summed E-state index contributed by atoms with van der Waals surface area (Å²) < 4.78 is 12.0. The molecule has 0 unspecified atom stereocenters. The third-order valence-electron chi connectivity index (χ3n) is 3.60. The summed E-state index contributed by atoms with van der Waals surface area (Å²) in [5.41, 5.74) is 0.728. The van der Waals surface area contributed by atoms with Gasteiger partial charge in [-0.1, -0.05) is 53.8 Å². The molecule has 7 heteroatoms. The Balaban J connectivity index is 1.68. The highest BCUT2D eigenvalue weighted by molar-refractivity contribution is 8.26. The SMILES string of the molecule is CN1C(=O)/C(=C/c2cc(Cl)ccc2OCCOc2ccccc2)SC1=S. The van der Waals surface area contributed by atoms with Crippen LogP contribution < -0.4 is 9.47 Å². The summed E-state index contributed by atoms with van der Waals surface area (Å²) in [5, 5.41) is 0.566. The number of carbonyl (C=O) groups excluding carboxylic acids is 1. The van der Waals surface area contributed by atoms with Crippen molar-refractivity contribution >= 4 is 51.9 Å². The van der Waals surface area contributed by atoms with Crippen LogP contribution in [0.4, 0.5) is 0 Å². The molecule has 0 aromatic heterocycles. The Hall–Kier alpha value is -2.02. The Morgan fingerprint density at radius 1 is 1.15 bits per heavy atom. The van der Waals surface area contributed by atoms with Gasteiger partial charge in [-0.25, -0.2) is 0 Å². The molecule has 2 aromatic carbocycles. The van der Waals surface area contributed by atoms with E-state index >= 15 is 0 Å². The zero-order valence-electron chi connectivity index (χ0n) is 14.0. The van der Waals surface area contributed by atoms with Crippen LogP contribution in [0.2, 0.25) is 5.02 Å². The summed E-state index contributed by atoms with van der Waals surface area (Å²) >= 11 is 12.5. The molecule has 1 saturated heterocycles. The lowest BCUT2D eigenvalue weighted by Gasteiger charge is -2.11. The number of nitrogens with zero attached hydrogens (tertiary/aromatic N) is 1. The number of para-hydroxylation sites is 1. The molecule has 0 aliphatic carbocycles. The van der Waals surface area contributed by atoms with E-state index in [9.17, 15) is 4.79 Å². The highest BCUT2D eigenvalue weighted by Gasteiger charge is 2.28. The predicted molar refractivity (Wildman–Crippen MR) is 110 cm³/mol. The van der Waals surface area contributed by atoms with Crippen molar-refractivity contribution in [2.45, 2.75) is 0 Å². The van der Waals surface area contributed by atoms with Crippen molar-refractivity contribution in [3.8, 4) is 11.5 Å². The van der Waals surface area contributed by atoms with E-state index in [0.29, 0.717) is 33.2 Å². The second kappa shape index (κ2) is 8.58. The van der Waals surface area contributed by atoms with Gasteiger partial charge in [0.05, 0.1) is 4.91 Å². The number of halogens is 1. The van der Waals surface area contributed by atoms with Crippen LogP contribution >= 0.6 is 35.6 Å². The number of thioether (sulfide) groups is 1. The molecule has 1 aliphatic heterocycles.